The van der Waals surface area contributed by atoms with Gasteiger partial charge in [0.1, 0.15) is 12.6 Å². The Labute approximate surface area is 199 Å². The monoisotopic (exact) mass is 499 g/mol. The Morgan fingerprint density at radius 3 is 2.31 bits per heavy atom. The highest BCUT2D eigenvalue weighted by Crippen LogP contribution is 2.25. The Morgan fingerprint density at radius 1 is 1.09 bits per heavy atom. The molecular formula is C22H27Cl2N3O4S. The lowest BCUT2D eigenvalue weighted by atomic mass is 10.1. The second-order valence-corrected chi connectivity index (χ2v) is 10.1. The summed E-state index contributed by atoms with van der Waals surface area (Å²) in [6, 6.07) is 11.0. The topological polar surface area (TPSA) is 86.8 Å². The number of sulfonamides is 1. The van der Waals surface area contributed by atoms with Gasteiger partial charge in [0, 0.05) is 13.6 Å². The van der Waals surface area contributed by atoms with Crippen LogP contribution in [0.25, 0.3) is 0 Å². The molecule has 0 aliphatic rings. The van der Waals surface area contributed by atoms with Gasteiger partial charge in [0.15, 0.2) is 0 Å². The van der Waals surface area contributed by atoms with E-state index in [1.54, 1.807) is 43.3 Å². The smallest absolute Gasteiger partial charge is 0.244 e. The van der Waals surface area contributed by atoms with Gasteiger partial charge in [-0.25, -0.2) is 8.42 Å². The van der Waals surface area contributed by atoms with Gasteiger partial charge < -0.3 is 10.2 Å². The number of likely N-dealkylation sites (N-methyl/N-ethyl adjacent to an activating group) is 1. The van der Waals surface area contributed by atoms with Crippen molar-refractivity contribution in [3.8, 4) is 0 Å². The molecule has 1 N–H and O–H groups in total. The van der Waals surface area contributed by atoms with Gasteiger partial charge in [-0.2, -0.15) is 0 Å². The van der Waals surface area contributed by atoms with Gasteiger partial charge in [-0.3, -0.25) is 13.9 Å². The normalized spacial score (nSPS) is 12.2. The molecule has 0 aromatic heterocycles. The summed E-state index contributed by atoms with van der Waals surface area (Å²) in [5.74, 6) is -0.860. The number of hydrogen-bond acceptors (Lipinski definition) is 4. The van der Waals surface area contributed by atoms with Crippen LogP contribution in [0.2, 0.25) is 10.0 Å². The van der Waals surface area contributed by atoms with Crippen molar-refractivity contribution in [3.63, 3.8) is 0 Å². The summed E-state index contributed by atoms with van der Waals surface area (Å²) >= 11 is 12.1. The number of carbonyl (C=O) groups excluding carboxylic acids is 2. The summed E-state index contributed by atoms with van der Waals surface area (Å²) in [7, 11) is -2.27. The maximum atomic E-state index is 13.4. The van der Waals surface area contributed by atoms with Crippen LogP contribution < -0.4 is 9.62 Å². The van der Waals surface area contributed by atoms with Gasteiger partial charge >= 0.3 is 0 Å². The second-order valence-electron chi connectivity index (χ2n) is 7.42. The maximum Gasteiger partial charge on any atom is 0.244 e. The van der Waals surface area contributed by atoms with Crippen LogP contribution >= 0.6 is 23.2 Å². The number of rotatable bonds is 9. The molecule has 32 heavy (non-hydrogen) atoms. The number of halogens is 2. The zero-order valence-corrected chi connectivity index (χ0v) is 20.8. The molecule has 2 aromatic rings. The molecule has 0 fully saturated rings. The molecular weight excluding hydrogens is 473 g/mol. The first kappa shape index (κ1) is 26.0. The van der Waals surface area contributed by atoms with Gasteiger partial charge in [0.2, 0.25) is 21.8 Å². The Morgan fingerprint density at radius 2 is 1.78 bits per heavy atom. The van der Waals surface area contributed by atoms with Crippen LogP contribution in [0.4, 0.5) is 5.69 Å². The first-order valence-corrected chi connectivity index (χ1v) is 12.6. The van der Waals surface area contributed by atoms with Crippen LogP contribution in [0.1, 0.15) is 24.5 Å². The second kappa shape index (κ2) is 11.0. The van der Waals surface area contributed by atoms with Crippen LogP contribution in [-0.4, -0.2) is 51.0 Å². The van der Waals surface area contributed by atoms with E-state index in [2.05, 4.69) is 5.32 Å². The molecule has 2 amide bonds. The number of amides is 2. The van der Waals surface area contributed by atoms with Crippen LogP contribution in [0.15, 0.2) is 42.5 Å². The van der Waals surface area contributed by atoms with Crippen molar-refractivity contribution in [1.29, 1.82) is 0 Å². The van der Waals surface area contributed by atoms with Crippen LogP contribution in [0, 0.1) is 6.92 Å². The molecule has 7 nitrogen and oxygen atoms in total. The molecule has 0 saturated carbocycles. The molecule has 0 heterocycles. The number of nitrogens with zero attached hydrogens (tertiary/aromatic N) is 2. The van der Waals surface area contributed by atoms with E-state index in [1.807, 2.05) is 13.0 Å². The standard InChI is InChI=1S/C22H27Cl2N3O4S/c1-5-20(22(29)25-3)26(13-16-9-10-18(23)19(24)12-16)21(28)14-27(32(4,30)31)17-8-6-7-15(2)11-17/h6-12,20H,5,13-14H2,1-4H3,(H,25,29)/t20-/m0/s1. The van der Waals surface area contributed by atoms with E-state index < -0.39 is 28.5 Å². The van der Waals surface area contributed by atoms with E-state index >= 15 is 0 Å². The van der Waals surface area contributed by atoms with Gasteiger partial charge in [0.25, 0.3) is 0 Å². The van der Waals surface area contributed by atoms with E-state index in [1.165, 1.54) is 11.9 Å². The first-order valence-electron chi connectivity index (χ1n) is 9.97. The molecule has 2 rings (SSSR count). The molecule has 0 saturated heterocycles. The number of benzene rings is 2. The summed E-state index contributed by atoms with van der Waals surface area (Å²) in [6.07, 6.45) is 1.39. The van der Waals surface area contributed by atoms with Gasteiger partial charge in [-0.05, 0) is 48.7 Å². The van der Waals surface area contributed by atoms with E-state index in [-0.39, 0.29) is 12.5 Å². The van der Waals surface area contributed by atoms with E-state index in [0.29, 0.717) is 27.7 Å². The van der Waals surface area contributed by atoms with Gasteiger partial charge in [0.05, 0.1) is 22.0 Å². The van der Waals surface area contributed by atoms with Crippen molar-refractivity contribution in [2.45, 2.75) is 32.9 Å². The minimum Gasteiger partial charge on any atom is -0.357 e. The predicted octanol–water partition coefficient (Wildman–Crippen LogP) is 3.62. The van der Waals surface area contributed by atoms with E-state index in [9.17, 15) is 18.0 Å². The molecule has 2 aromatic carbocycles. The molecule has 0 bridgehead atoms. The molecule has 0 radical (unpaired) electrons. The molecule has 0 spiro atoms. The highest BCUT2D eigenvalue weighted by atomic mass is 35.5. The van der Waals surface area contributed by atoms with Gasteiger partial charge in [-0.15, -0.1) is 0 Å². The summed E-state index contributed by atoms with van der Waals surface area (Å²) in [6.45, 7) is 3.23. The lowest BCUT2D eigenvalue weighted by molar-refractivity contribution is -0.140. The third kappa shape index (κ3) is 6.60. The fourth-order valence-electron chi connectivity index (χ4n) is 3.32. The Bertz CT molecular complexity index is 1090. The summed E-state index contributed by atoms with van der Waals surface area (Å²) in [4.78, 5) is 27.3. The van der Waals surface area contributed by atoms with Crippen molar-refractivity contribution in [2.24, 2.45) is 0 Å². The first-order chi connectivity index (χ1) is 15.0. The summed E-state index contributed by atoms with van der Waals surface area (Å²) in [5.41, 5.74) is 1.90. The fraction of sp³-hybridized carbons (Fsp3) is 0.364. The zero-order chi connectivity index (χ0) is 24.1. The molecule has 0 aliphatic carbocycles. The minimum atomic E-state index is -3.76. The molecule has 0 unspecified atom stereocenters. The fourth-order valence-corrected chi connectivity index (χ4v) is 4.48. The Kier molecular flexibility index (Phi) is 8.95. The van der Waals surface area contributed by atoms with Crippen LogP contribution in [0.3, 0.4) is 0 Å². The molecule has 10 heteroatoms. The van der Waals surface area contributed by atoms with Gasteiger partial charge in [-0.1, -0.05) is 48.3 Å². The number of nitrogens with one attached hydrogen (secondary N) is 1. The average molecular weight is 500 g/mol. The SMILES string of the molecule is CC[C@@H](C(=O)NC)N(Cc1ccc(Cl)c(Cl)c1)C(=O)CN(c1cccc(C)c1)S(C)(=O)=O. The summed E-state index contributed by atoms with van der Waals surface area (Å²) < 4.78 is 26.1. The third-order valence-corrected chi connectivity index (χ3v) is 6.82. The van der Waals surface area contributed by atoms with E-state index in [0.717, 1.165) is 16.1 Å². The lowest BCUT2D eigenvalue weighted by Crippen LogP contribution is -2.51. The van der Waals surface area contributed by atoms with Crippen molar-refractivity contribution in [2.75, 3.05) is 24.2 Å². The number of aryl methyl sites for hydroxylation is 1. The number of carbonyl (C=O) groups is 2. The predicted molar refractivity (Wildman–Crippen MR) is 129 cm³/mol. The molecule has 174 valence electrons. The largest absolute Gasteiger partial charge is 0.357 e. The lowest BCUT2D eigenvalue weighted by Gasteiger charge is -2.32. The van der Waals surface area contributed by atoms with Crippen molar-refractivity contribution in [1.82, 2.24) is 10.2 Å². The average Bonchev–Trinajstić information content (AvgIpc) is 2.73. The van der Waals surface area contributed by atoms with Crippen molar-refractivity contribution >= 4 is 50.7 Å². The number of hydrogen-bond donors (Lipinski definition) is 1. The quantitative estimate of drug-likeness (QED) is 0.570. The Hall–Kier alpha value is -2.29. The molecule has 0 aliphatic heterocycles. The third-order valence-electron chi connectivity index (χ3n) is 4.94. The highest BCUT2D eigenvalue weighted by molar-refractivity contribution is 7.92. The minimum absolute atomic E-state index is 0.0626. The zero-order valence-electron chi connectivity index (χ0n) is 18.4. The van der Waals surface area contributed by atoms with Crippen molar-refractivity contribution < 1.29 is 18.0 Å². The maximum absolute atomic E-state index is 13.4. The van der Waals surface area contributed by atoms with Crippen molar-refractivity contribution in [3.05, 3.63) is 63.6 Å². The van der Waals surface area contributed by atoms with E-state index in [4.69, 9.17) is 23.2 Å². The van der Waals surface area contributed by atoms with Crippen LogP contribution in [-0.2, 0) is 26.2 Å². The van der Waals surface area contributed by atoms with Crippen LogP contribution in [0.5, 0.6) is 0 Å². The highest BCUT2D eigenvalue weighted by Gasteiger charge is 2.31. The summed E-state index contributed by atoms with van der Waals surface area (Å²) in [5, 5.41) is 3.26. The molecule has 1 atom stereocenters. The Balaban J connectivity index is 2.44. The number of anilines is 1.